The fourth-order valence-corrected chi connectivity index (χ4v) is 9.76. The van der Waals surface area contributed by atoms with Gasteiger partial charge in [-0.1, -0.05) is 51.0 Å². The van der Waals surface area contributed by atoms with Crippen molar-refractivity contribution in [2.75, 3.05) is 13.2 Å². The molecule has 0 atom stereocenters. The highest BCUT2D eigenvalue weighted by Crippen LogP contribution is 2.44. The Bertz CT molecular complexity index is 1220. The Hall–Kier alpha value is -3.42. The average molecular weight is 719 g/mol. The Labute approximate surface area is 311 Å². The molecule has 0 saturated heterocycles. The first-order chi connectivity index (χ1) is 25.3. The molecule has 0 radical (unpaired) electrons. The van der Waals surface area contributed by atoms with Crippen LogP contribution in [0.4, 0.5) is 0 Å². The first-order valence-corrected chi connectivity index (χ1v) is 20.4. The number of carbonyl (C=O) groups is 4. The molecule has 0 bridgehead atoms. The fourth-order valence-electron chi connectivity index (χ4n) is 9.76. The number of carbonyl (C=O) groups excluding carboxylic acids is 4. The second kappa shape index (κ2) is 20.7. The summed E-state index contributed by atoms with van der Waals surface area (Å²) in [5.41, 5.74) is 0. The molecule has 8 nitrogen and oxygen atoms in total. The molecule has 1 aromatic rings. The Morgan fingerprint density at radius 3 is 1.17 bits per heavy atom. The SMILES string of the molecule is C=CC(=O)OCCCC1CCC(C2CCC(C(=O)Oc3ccccc3OC(=O)C3CCC(C4CCC(CCCOC(=O)C=C)CC4)CC3)CC2)CC1. The summed E-state index contributed by atoms with van der Waals surface area (Å²) in [6, 6.07) is 7.10. The van der Waals surface area contributed by atoms with Gasteiger partial charge >= 0.3 is 23.9 Å². The Kier molecular flexibility index (Phi) is 15.9. The van der Waals surface area contributed by atoms with Gasteiger partial charge in [-0.2, -0.15) is 0 Å². The molecule has 0 spiro atoms. The van der Waals surface area contributed by atoms with Crippen LogP contribution in [0.1, 0.15) is 128 Å². The Morgan fingerprint density at radius 2 is 0.846 bits per heavy atom. The molecule has 286 valence electrons. The molecule has 4 saturated carbocycles. The molecule has 0 aliphatic heterocycles. The quantitative estimate of drug-likeness (QED) is 0.0720. The van der Waals surface area contributed by atoms with Crippen molar-refractivity contribution in [1.82, 2.24) is 0 Å². The molecule has 4 aliphatic rings. The topological polar surface area (TPSA) is 105 Å². The molecular formula is C44H62O8. The van der Waals surface area contributed by atoms with Crippen LogP contribution in [0.5, 0.6) is 11.5 Å². The lowest BCUT2D eigenvalue weighted by atomic mass is 9.68. The lowest BCUT2D eigenvalue weighted by molar-refractivity contribution is -0.143. The van der Waals surface area contributed by atoms with Gasteiger partial charge < -0.3 is 18.9 Å². The van der Waals surface area contributed by atoms with Crippen molar-refractivity contribution in [1.29, 1.82) is 0 Å². The standard InChI is InChI=1S/C44H62O8/c1-3-41(45)49-29-7-9-31-13-17-33(18-14-31)35-21-25-37(26-22-35)43(47)51-39-11-5-6-12-40(39)52-44(48)38-27-23-36(24-28-38)34-19-15-32(16-20-34)10-8-30-50-42(46)4-2/h3-6,11-12,31-38H,1-2,7-10,13-30H2. The van der Waals surface area contributed by atoms with Crippen LogP contribution in [0.25, 0.3) is 0 Å². The van der Waals surface area contributed by atoms with E-state index in [1.807, 2.05) is 12.1 Å². The largest absolute Gasteiger partial charge is 0.463 e. The molecule has 4 aliphatic carbocycles. The summed E-state index contributed by atoms with van der Waals surface area (Å²) in [5, 5.41) is 0. The van der Waals surface area contributed by atoms with Crippen LogP contribution in [-0.4, -0.2) is 37.1 Å². The number of ether oxygens (including phenoxy) is 4. The third-order valence-electron chi connectivity index (χ3n) is 12.9. The third kappa shape index (κ3) is 12.1. The van der Waals surface area contributed by atoms with E-state index in [0.717, 1.165) is 88.9 Å². The molecule has 4 fully saturated rings. The summed E-state index contributed by atoms with van der Waals surface area (Å²) < 4.78 is 22.1. The van der Waals surface area contributed by atoms with Gasteiger partial charge in [-0.3, -0.25) is 9.59 Å². The van der Waals surface area contributed by atoms with Crippen LogP contribution in [0.15, 0.2) is 49.6 Å². The fraction of sp³-hybridized carbons (Fsp3) is 0.682. The average Bonchev–Trinajstić information content (AvgIpc) is 3.19. The molecule has 8 heteroatoms. The lowest BCUT2D eigenvalue weighted by Gasteiger charge is -2.37. The smallest absolute Gasteiger partial charge is 0.330 e. The minimum atomic E-state index is -0.343. The molecule has 1 aromatic carbocycles. The number of hydrogen-bond donors (Lipinski definition) is 0. The minimum absolute atomic E-state index is 0.123. The van der Waals surface area contributed by atoms with E-state index in [0.29, 0.717) is 48.4 Å². The Morgan fingerprint density at radius 1 is 0.519 bits per heavy atom. The van der Waals surface area contributed by atoms with Gasteiger partial charge in [-0.15, -0.1) is 0 Å². The zero-order valence-electron chi connectivity index (χ0n) is 31.3. The minimum Gasteiger partial charge on any atom is -0.463 e. The van der Waals surface area contributed by atoms with Crippen LogP contribution in [0.2, 0.25) is 0 Å². The van der Waals surface area contributed by atoms with Crippen molar-refractivity contribution >= 4 is 23.9 Å². The van der Waals surface area contributed by atoms with Gasteiger partial charge in [-0.05, 0) is 150 Å². The number of rotatable bonds is 16. The second-order valence-corrected chi connectivity index (χ2v) is 16.1. The Balaban J connectivity index is 0.976. The van der Waals surface area contributed by atoms with E-state index in [1.54, 1.807) is 12.1 Å². The summed E-state index contributed by atoms with van der Waals surface area (Å²) in [6.45, 7) is 7.83. The normalized spacial score (nSPS) is 29.2. The molecule has 0 N–H and O–H groups in total. The van der Waals surface area contributed by atoms with E-state index in [2.05, 4.69) is 13.2 Å². The molecule has 0 unspecified atom stereocenters. The molecule has 52 heavy (non-hydrogen) atoms. The highest BCUT2D eigenvalue weighted by Gasteiger charge is 2.36. The number of hydrogen-bond acceptors (Lipinski definition) is 8. The maximum absolute atomic E-state index is 13.3. The van der Waals surface area contributed by atoms with Gasteiger partial charge in [-0.25, -0.2) is 9.59 Å². The summed E-state index contributed by atoms with van der Waals surface area (Å²) >= 11 is 0. The lowest BCUT2D eigenvalue weighted by Crippen LogP contribution is -2.31. The van der Waals surface area contributed by atoms with E-state index < -0.39 is 0 Å². The van der Waals surface area contributed by atoms with Gasteiger partial charge in [0, 0.05) is 12.2 Å². The van der Waals surface area contributed by atoms with E-state index in [-0.39, 0.29) is 35.7 Å². The highest BCUT2D eigenvalue weighted by molar-refractivity contribution is 5.81. The number of esters is 4. The van der Waals surface area contributed by atoms with Crippen molar-refractivity contribution in [3.63, 3.8) is 0 Å². The number of benzene rings is 1. The van der Waals surface area contributed by atoms with Gasteiger partial charge in [0.2, 0.25) is 0 Å². The molecule has 5 rings (SSSR count). The van der Waals surface area contributed by atoms with Crippen molar-refractivity contribution in [2.45, 2.75) is 128 Å². The van der Waals surface area contributed by atoms with Crippen molar-refractivity contribution in [3.8, 4) is 11.5 Å². The molecule has 0 heterocycles. The van der Waals surface area contributed by atoms with Gasteiger partial charge in [0.25, 0.3) is 0 Å². The summed E-state index contributed by atoms with van der Waals surface area (Å²) in [4.78, 5) is 49.1. The zero-order valence-corrected chi connectivity index (χ0v) is 31.3. The first kappa shape index (κ1) is 39.8. The first-order valence-electron chi connectivity index (χ1n) is 20.4. The molecule has 0 amide bonds. The van der Waals surface area contributed by atoms with Gasteiger partial charge in [0.05, 0.1) is 25.0 Å². The number of para-hydroxylation sites is 2. The van der Waals surface area contributed by atoms with Gasteiger partial charge in [0.15, 0.2) is 11.5 Å². The predicted molar refractivity (Wildman–Crippen MR) is 200 cm³/mol. The van der Waals surface area contributed by atoms with Crippen LogP contribution >= 0.6 is 0 Å². The predicted octanol–water partition coefficient (Wildman–Crippen LogP) is 9.74. The molecule has 0 aromatic heterocycles. The second-order valence-electron chi connectivity index (χ2n) is 16.1. The molecular weight excluding hydrogens is 656 g/mol. The van der Waals surface area contributed by atoms with Crippen molar-refractivity contribution in [2.24, 2.45) is 47.3 Å². The third-order valence-corrected chi connectivity index (χ3v) is 12.9. The van der Waals surface area contributed by atoms with Crippen LogP contribution < -0.4 is 9.47 Å². The zero-order chi connectivity index (χ0) is 36.7. The van der Waals surface area contributed by atoms with Crippen molar-refractivity contribution < 1.29 is 38.1 Å². The van der Waals surface area contributed by atoms with Crippen LogP contribution in [0.3, 0.4) is 0 Å². The van der Waals surface area contributed by atoms with Crippen LogP contribution in [0, 0.1) is 47.3 Å². The van der Waals surface area contributed by atoms with E-state index >= 15 is 0 Å². The summed E-state index contributed by atoms with van der Waals surface area (Å²) in [7, 11) is 0. The maximum Gasteiger partial charge on any atom is 0.330 e. The monoisotopic (exact) mass is 718 g/mol. The highest BCUT2D eigenvalue weighted by atomic mass is 16.6. The summed E-state index contributed by atoms with van der Waals surface area (Å²) in [5.74, 6) is 3.55. The van der Waals surface area contributed by atoms with Gasteiger partial charge in [0.1, 0.15) is 0 Å². The summed E-state index contributed by atoms with van der Waals surface area (Å²) in [6.07, 6.45) is 24.0. The van der Waals surface area contributed by atoms with Crippen LogP contribution in [-0.2, 0) is 28.7 Å². The van der Waals surface area contributed by atoms with Crippen molar-refractivity contribution in [3.05, 3.63) is 49.6 Å². The van der Waals surface area contributed by atoms with E-state index in [4.69, 9.17) is 18.9 Å². The maximum atomic E-state index is 13.3. The van der Waals surface area contributed by atoms with E-state index in [9.17, 15) is 19.2 Å². The van der Waals surface area contributed by atoms with E-state index in [1.165, 1.54) is 63.5 Å².